The van der Waals surface area contributed by atoms with E-state index in [-0.39, 0.29) is 19.1 Å². The monoisotopic (exact) mass is 282 g/mol. The lowest BCUT2D eigenvalue weighted by molar-refractivity contribution is -0.148. The molecule has 0 bridgehead atoms. The number of alkyl halides is 3. The van der Waals surface area contributed by atoms with Gasteiger partial charge in [0.1, 0.15) is 0 Å². The molecule has 0 aromatic carbocycles. The van der Waals surface area contributed by atoms with E-state index in [4.69, 9.17) is 5.11 Å². The number of halogens is 3. The Balaban J connectivity index is 2.54. The minimum atomic E-state index is -4.20. The first-order valence-electron chi connectivity index (χ1n) is 7.09. The molecule has 2 unspecified atom stereocenters. The number of hydrogen-bond acceptors (Lipinski definition) is 3. The standard InChI is InChI=1S/C13H25F3N2O/c1-2-17-12-6-4-3-5-11(12)9-18(7-8-19)10-13(14,15)16/h11-12,17,19H,2-10H2,1H3. The molecule has 1 rings (SSSR count). The van der Waals surface area contributed by atoms with Gasteiger partial charge < -0.3 is 10.4 Å². The van der Waals surface area contributed by atoms with E-state index in [1.165, 1.54) is 4.90 Å². The van der Waals surface area contributed by atoms with E-state index >= 15 is 0 Å². The van der Waals surface area contributed by atoms with Crippen LogP contribution in [0, 0.1) is 5.92 Å². The van der Waals surface area contributed by atoms with Gasteiger partial charge in [-0.3, -0.25) is 4.90 Å². The summed E-state index contributed by atoms with van der Waals surface area (Å²) in [6.45, 7) is 2.22. The fourth-order valence-electron chi connectivity index (χ4n) is 2.92. The maximum Gasteiger partial charge on any atom is 0.401 e. The van der Waals surface area contributed by atoms with Crippen molar-refractivity contribution in [1.82, 2.24) is 10.2 Å². The van der Waals surface area contributed by atoms with E-state index in [2.05, 4.69) is 5.32 Å². The Kier molecular flexibility index (Phi) is 7.10. The first kappa shape index (κ1) is 16.7. The summed E-state index contributed by atoms with van der Waals surface area (Å²) in [6, 6.07) is 0.313. The number of aliphatic hydroxyl groups is 1. The number of hydrogen-bond donors (Lipinski definition) is 2. The zero-order valence-corrected chi connectivity index (χ0v) is 11.5. The molecule has 1 saturated carbocycles. The van der Waals surface area contributed by atoms with Crippen molar-refractivity contribution < 1.29 is 18.3 Å². The van der Waals surface area contributed by atoms with E-state index in [9.17, 15) is 13.2 Å². The van der Waals surface area contributed by atoms with Gasteiger partial charge in [0.05, 0.1) is 13.2 Å². The van der Waals surface area contributed by atoms with Crippen molar-refractivity contribution in [2.24, 2.45) is 5.92 Å². The molecule has 1 aliphatic rings. The number of nitrogens with zero attached hydrogens (tertiary/aromatic N) is 1. The summed E-state index contributed by atoms with van der Waals surface area (Å²) in [7, 11) is 0. The van der Waals surface area contributed by atoms with Crippen LogP contribution in [0.2, 0.25) is 0 Å². The van der Waals surface area contributed by atoms with Crippen LogP contribution in [0.25, 0.3) is 0 Å². The minimum Gasteiger partial charge on any atom is -0.395 e. The predicted molar refractivity (Wildman–Crippen MR) is 69.0 cm³/mol. The Morgan fingerprint density at radius 2 is 1.95 bits per heavy atom. The van der Waals surface area contributed by atoms with Crippen molar-refractivity contribution in [3.8, 4) is 0 Å². The molecule has 19 heavy (non-hydrogen) atoms. The lowest BCUT2D eigenvalue weighted by Gasteiger charge is -2.36. The van der Waals surface area contributed by atoms with Gasteiger partial charge in [-0.05, 0) is 25.3 Å². The molecule has 0 aliphatic heterocycles. The molecule has 6 heteroatoms. The molecule has 1 fully saturated rings. The molecule has 0 saturated heterocycles. The van der Waals surface area contributed by atoms with Gasteiger partial charge >= 0.3 is 6.18 Å². The second-order valence-corrected chi connectivity index (χ2v) is 5.28. The molecule has 2 N–H and O–H groups in total. The molecule has 0 radical (unpaired) electrons. The molecule has 0 aromatic rings. The smallest absolute Gasteiger partial charge is 0.395 e. The SMILES string of the molecule is CCNC1CCCCC1CN(CCO)CC(F)(F)F. The molecule has 0 heterocycles. The van der Waals surface area contributed by atoms with Gasteiger partial charge in [-0.1, -0.05) is 19.8 Å². The number of rotatable bonds is 7. The van der Waals surface area contributed by atoms with Crippen molar-refractivity contribution in [3.05, 3.63) is 0 Å². The first-order valence-corrected chi connectivity index (χ1v) is 7.09. The Labute approximate surface area is 113 Å². The van der Waals surface area contributed by atoms with Crippen molar-refractivity contribution in [3.63, 3.8) is 0 Å². The number of aliphatic hydroxyl groups excluding tert-OH is 1. The minimum absolute atomic E-state index is 0.0921. The van der Waals surface area contributed by atoms with Gasteiger partial charge in [0, 0.05) is 19.1 Å². The lowest BCUT2D eigenvalue weighted by Crippen LogP contribution is -2.46. The molecule has 0 aromatic heterocycles. The molecular formula is C13H25F3N2O. The highest BCUT2D eigenvalue weighted by Crippen LogP contribution is 2.26. The lowest BCUT2D eigenvalue weighted by atomic mass is 9.84. The van der Waals surface area contributed by atoms with Crippen LogP contribution < -0.4 is 5.32 Å². The van der Waals surface area contributed by atoms with Crippen LogP contribution >= 0.6 is 0 Å². The summed E-state index contributed by atoms with van der Waals surface area (Å²) >= 11 is 0. The average Bonchev–Trinajstić information content (AvgIpc) is 2.30. The van der Waals surface area contributed by atoms with Crippen LogP contribution in [0.4, 0.5) is 13.2 Å². The maximum atomic E-state index is 12.5. The van der Waals surface area contributed by atoms with Crippen molar-refractivity contribution in [2.45, 2.75) is 44.8 Å². The van der Waals surface area contributed by atoms with Crippen molar-refractivity contribution in [1.29, 1.82) is 0 Å². The van der Waals surface area contributed by atoms with E-state index in [0.717, 1.165) is 32.2 Å². The fraction of sp³-hybridized carbons (Fsp3) is 1.00. The van der Waals surface area contributed by atoms with Gasteiger partial charge in [0.25, 0.3) is 0 Å². The summed E-state index contributed by atoms with van der Waals surface area (Å²) in [5.74, 6) is 0.252. The van der Waals surface area contributed by atoms with Crippen LogP contribution in [0.1, 0.15) is 32.6 Å². The predicted octanol–water partition coefficient (Wildman–Crippen LogP) is 2.01. The molecule has 0 spiro atoms. The van der Waals surface area contributed by atoms with Crippen LogP contribution in [0.15, 0.2) is 0 Å². The summed E-state index contributed by atoms with van der Waals surface area (Å²) in [5.41, 5.74) is 0. The van der Waals surface area contributed by atoms with E-state index in [0.29, 0.717) is 12.6 Å². The Morgan fingerprint density at radius 3 is 2.53 bits per heavy atom. The topological polar surface area (TPSA) is 35.5 Å². The largest absolute Gasteiger partial charge is 0.401 e. The van der Waals surface area contributed by atoms with Crippen LogP contribution in [-0.4, -0.2) is 55.0 Å². The second-order valence-electron chi connectivity index (χ2n) is 5.28. The molecule has 114 valence electrons. The van der Waals surface area contributed by atoms with Gasteiger partial charge in [-0.25, -0.2) is 0 Å². The Hall–Kier alpha value is -0.330. The Bertz CT molecular complexity index is 247. The zero-order valence-electron chi connectivity index (χ0n) is 11.5. The molecule has 3 nitrogen and oxygen atoms in total. The third kappa shape index (κ3) is 6.58. The highest BCUT2D eigenvalue weighted by atomic mass is 19.4. The normalized spacial score (nSPS) is 24.9. The summed E-state index contributed by atoms with van der Waals surface area (Å²) in [5, 5.41) is 12.3. The van der Waals surface area contributed by atoms with Gasteiger partial charge in [-0.2, -0.15) is 13.2 Å². The molecule has 2 atom stereocenters. The Morgan fingerprint density at radius 1 is 1.26 bits per heavy atom. The van der Waals surface area contributed by atoms with E-state index < -0.39 is 12.7 Å². The highest BCUT2D eigenvalue weighted by molar-refractivity contribution is 4.83. The van der Waals surface area contributed by atoms with Crippen LogP contribution in [-0.2, 0) is 0 Å². The van der Waals surface area contributed by atoms with E-state index in [1.54, 1.807) is 0 Å². The van der Waals surface area contributed by atoms with E-state index in [1.807, 2.05) is 6.92 Å². The van der Waals surface area contributed by atoms with Gasteiger partial charge in [-0.15, -0.1) is 0 Å². The van der Waals surface area contributed by atoms with Gasteiger partial charge in [0.15, 0.2) is 0 Å². The molecule has 0 amide bonds. The fourth-order valence-corrected chi connectivity index (χ4v) is 2.92. The second kappa shape index (κ2) is 8.07. The van der Waals surface area contributed by atoms with Crippen molar-refractivity contribution >= 4 is 0 Å². The van der Waals surface area contributed by atoms with Crippen LogP contribution in [0.5, 0.6) is 0 Å². The number of nitrogens with one attached hydrogen (secondary N) is 1. The van der Waals surface area contributed by atoms with Crippen LogP contribution in [0.3, 0.4) is 0 Å². The first-order chi connectivity index (χ1) is 8.96. The summed E-state index contributed by atoms with van der Waals surface area (Å²) in [6.07, 6.45) is 0.0471. The third-order valence-corrected chi connectivity index (χ3v) is 3.69. The zero-order chi connectivity index (χ0) is 14.3. The molecule has 1 aliphatic carbocycles. The quantitative estimate of drug-likeness (QED) is 0.750. The summed E-state index contributed by atoms with van der Waals surface area (Å²) < 4.78 is 37.5. The maximum absolute atomic E-state index is 12.5. The highest BCUT2D eigenvalue weighted by Gasteiger charge is 2.33. The molecular weight excluding hydrogens is 257 g/mol. The third-order valence-electron chi connectivity index (χ3n) is 3.69. The van der Waals surface area contributed by atoms with Gasteiger partial charge in [0.2, 0.25) is 0 Å². The summed E-state index contributed by atoms with van der Waals surface area (Å²) in [4.78, 5) is 1.33. The van der Waals surface area contributed by atoms with Crippen molar-refractivity contribution in [2.75, 3.05) is 32.8 Å². The average molecular weight is 282 g/mol.